The van der Waals surface area contributed by atoms with E-state index in [1.54, 1.807) is 24.3 Å². The number of nitrogens with two attached hydrogens (primary N) is 1. The molecule has 1 unspecified atom stereocenters. The van der Waals surface area contributed by atoms with Crippen LogP contribution in [-0.4, -0.2) is 13.1 Å². The number of nitrogens with zero attached hydrogens (tertiary/aromatic N) is 1. The largest absolute Gasteiger partial charge is 0.361 e. The van der Waals surface area contributed by atoms with Gasteiger partial charge in [-0.1, -0.05) is 29.8 Å². The number of para-hydroxylation sites is 1. The maximum absolute atomic E-state index is 14.0. The molecule has 0 amide bonds. The van der Waals surface area contributed by atoms with E-state index in [2.05, 4.69) is 0 Å². The van der Waals surface area contributed by atoms with Crippen molar-refractivity contribution in [2.24, 2.45) is 5.73 Å². The highest BCUT2D eigenvalue weighted by Crippen LogP contribution is 2.30. The van der Waals surface area contributed by atoms with Crippen molar-refractivity contribution in [3.05, 3.63) is 64.7 Å². The monoisotopic (exact) mass is 310 g/mol. The fraction of sp³-hybridized carbons (Fsp3) is 0.250. The molecule has 0 aromatic heterocycles. The summed E-state index contributed by atoms with van der Waals surface area (Å²) >= 11 is 5.83. The Hall–Kier alpha value is -1.65. The van der Waals surface area contributed by atoms with Gasteiger partial charge in [0.2, 0.25) is 0 Å². The van der Waals surface area contributed by atoms with Gasteiger partial charge >= 0.3 is 0 Å². The molecule has 2 nitrogen and oxygen atoms in total. The molecular weight excluding hydrogens is 294 g/mol. The van der Waals surface area contributed by atoms with Gasteiger partial charge in [0.25, 0.3) is 0 Å². The Labute approximate surface area is 128 Å². The summed E-state index contributed by atoms with van der Waals surface area (Å²) in [7, 11) is 0. The number of rotatable bonds is 5. The first-order valence-corrected chi connectivity index (χ1v) is 7.12. The minimum absolute atomic E-state index is 0.0375. The van der Waals surface area contributed by atoms with Crippen LogP contribution in [0.5, 0.6) is 0 Å². The third kappa shape index (κ3) is 3.34. The molecule has 0 aliphatic heterocycles. The molecule has 0 heterocycles. The first-order valence-electron chi connectivity index (χ1n) is 6.74. The highest BCUT2D eigenvalue weighted by molar-refractivity contribution is 6.30. The molecule has 0 saturated carbocycles. The third-order valence-electron chi connectivity index (χ3n) is 3.43. The van der Waals surface area contributed by atoms with E-state index in [-0.39, 0.29) is 23.4 Å². The van der Waals surface area contributed by atoms with Gasteiger partial charge in [-0.2, -0.15) is 0 Å². The summed E-state index contributed by atoms with van der Waals surface area (Å²) in [5.41, 5.74) is 7.08. The Balaban J connectivity index is 2.42. The van der Waals surface area contributed by atoms with Crippen molar-refractivity contribution in [2.75, 3.05) is 18.0 Å². The van der Waals surface area contributed by atoms with Gasteiger partial charge in [0.15, 0.2) is 0 Å². The maximum Gasteiger partial charge on any atom is 0.146 e. The van der Waals surface area contributed by atoms with Crippen molar-refractivity contribution in [3.63, 3.8) is 0 Å². The predicted octanol–water partition coefficient (Wildman–Crippen LogP) is 4.14. The van der Waals surface area contributed by atoms with Gasteiger partial charge < -0.3 is 10.6 Å². The summed E-state index contributed by atoms with van der Waals surface area (Å²) in [5, 5.41) is 0.0375. The van der Waals surface area contributed by atoms with Crippen LogP contribution in [0, 0.1) is 11.6 Å². The summed E-state index contributed by atoms with van der Waals surface area (Å²) in [4.78, 5) is 1.85. The fourth-order valence-electron chi connectivity index (χ4n) is 2.41. The normalized spacial score (nSPS) is 12.2. The average molecular weight is 311 g/mol. The van der Waals surface area contributed by atoms with E-state index in [1.165, 1.54) is 18.2 Å². The van der Waals surface area contributed by atoms with Crippen LogP contribution in [0.3, 0.4) is 0 Å². The lowest BCUT2D eigenvalue weighted by atomic mass is 10.0. The van der Waals surface area contributed by atoms with E-state index >= 15 is 0 Å². The van der Waals surface area contributed by atoms with Gasteiger partial charge in [-0.25, -0.2) is 8.78 Å². The molecular formula is C16H17ClF2N2. The summed E-state index contributed by atoms with van der Waals surface area (Å²) < 4.78 is 27.3. The maximum atomic E-state index is 14.0. The number of likely N-dealkylation sites (N-methyl/N-ethyl adjacent to an activating group) is 1. The molecule has 0 aliphatic carbocycles. The van der Waals surface area contributed by atoms with Crippen molar-refractivity contribution in [1.29, 1.82) is 0 Å². The van der Waals surface area contributed by atoms with E-state index in [0.717, 1.165) is 5.56 Å². The minimum atomic E-state index is -0.481. The lowest BCUT2D eigenvalue weighted by molar-refractivity contribution is 0.586. The van der Waals surface area contributed by atoms with Crippen molar-refractivity contribution < 1.29 is 8.78 Å². The molecule has 21 heavy (non-hydrogen) atoms. The lowest BCUT2D eigenvalue weighted by Crippen LogP contribution is -2.34. The zero-order chi connectivity index (χ0) is 15.4. The molecule has 112 valence electrons. The van der Waals surface area contributed by atoms with Gasteiger partial charge in [0, 0.05) is 13.1 Å². The Morgan fingerprint density at radius 1 is 1.14 bits per heavy atom. The molecule has 2 rings (SSSR count). The van der Waals surface area contributed by atoms with E-state index in [0.29, 0.717) is 12.2 Å². The molecule has 0 fully saturated rings. The minimum Gasteiger partial charge on any atom is -0.361 e. The number of anilines is 1. The molecule has 0 spiro atoms. The lowest BCUT2D eigenvalue weighted by Gasteiger charge is -2.32. The van der Waals surface area contributed by atoms with Crippen molar-refractivity contribution >= 4 is 17.3 Å². The molecule has 0 radical (unpaired) electrons. The van der Waals surface area contributed by atoms with Crippen LogP contribution in [0.15, 0.2) is 42.5 Å². The van der Waals surface area contributed by atoms with Crippen LogP contribution in [-0.2, 0) is 0 Å². The SMILES string of the molecule is CCN(c1ccccc1F)C(CN)c1ccc(F)c(Cl)c1. The van der Waals surface area contributed by atoms with Gasteiger partial charge in [0.05, 0.1) is 16.8 Å². The number of hydrogen-bond acceptors (Lipinski definition) is 2. The number of hydrogen-bond donors (Lipinski definition) is 1. The predicted molar refractivity (Wildman–Crippen MR) is 82.6 cm³/mol. The van der Waals surface area contributed by atoms with Crippen LogP contribution < -0.4 is 10.6 Å². The molecule has 1 atom stereocenters. The first-order chi connectivity index (χ1) is 10.1. The van der Waals surface area contributed by atoms with Crippen LogP contribution in [0.2, 0.25) is 5.02 Å². The Morgan fingerprint density at radius 3 is 2.43 bits per heavy atom. The van der Waals surface area contributed by atoms with E-state index in [4.69, 9.17) is 17.3 Å². The zero-order valence-corrected chi connectivity index (χ0v) is 12.4. The van der Waals surface area contributed by atoms with Crippen molar-refractivity contribution in [2.45, 2.75) is 13.0 Å². The highest BCUT2D eigenvalue weighted by atomic mass is 35.5. The Morgan fingerprint density at radius 2 is 1.86 bits per heavy atom. The molecule has 0 saturated heterocycles. The summed E-state index contributed by atoms with van der Waals surface area (Å²) in [6, 6.07) is 10.7. The van der Waals surface area contributed by atoms with Crippen LogP contribution in [0.25, 0.3) is 0 Å². The number of benzene rings is 2. The molecule has 2 aromatic carbocycles. The Bertz CT molecular complexity index is 619. The molecule has 0 bridgehead atoms. The second-order valence-electron chi connectivity index (χ2n) is 4.66. The summed E-state index contributed by atoms with van der Waals surface area (Å²) in [6.07, 6.45) is 0. The second-order valence-corrected chi connectivity index (χ2v) is 5.07. The van der Waals surface area contributed by atoms with Gasteiger partial charge in [-0.3, -0.25) is 0 Å². The van der Waals surface area contributed by atoms with E-state index < -0.39 is 5.82 Å². The zero-order valence-electron chi connectivity index (χ0n) is 11.7. The van der Waals surface area contributed by atoms with Gasteiger partial charge in [0.1, 0.15) is 11.6 Å². The standard InChI is InChI=1S/C16H17ClF2N2/c1-2-21(15-6-4-3-5-14(15)19)16(10-20)11-7-8-13(18)12(17)9-11/h3-9,16H,2,10,20H2,1H3. The van der Waals surface area contributed by atoms with E-state index in [1.807, 2.05) is 11.8 Å². The topological polar surface area (TPSA) is 29.3 Å². The van der Waals surface area contributed by atoms with Gasteiger partial charge in [-0.15, -0.1) is 0 Å². The van der Waals surface area contributed by atoms with E-state index in [9.17, 15) is 8.78 Å². The molecule has 2 aromatic rings. The van der Waals surface area contributed by atoms with Crippen LogP contribution in [0.1, 0.15) is 18.5 Å². The number of halogens is 3. The Kier molecular flexibility index (Phi) is 5.15. The third-order valence-corrected chi connectivity index (χ3v) is 3.72. The highest BCUT2D eigenvalue weighted by Gasteiger charge is 2.21. The average Bonchev–Trinajstić information content (AvgIpc) is 2.49. The fourth-order valence-corrected chi connectivity index (χ4v) is 2.60. The van der Waals surface area contributed by atoms with Crippen molar-refractivity contribution in [1.82, 2.24) is 0 Å². The summed E-state index contributed by atoms with van der Waals surface area (Å²) in [5.74, 6) is -0.795. The summed E-state index contributed by atoms with van der Waals surface area (Å²) in [6.45, 7) is 2.75. The second kappa shape index (κ2) is 6.87. The molecule has 5 heteroatoms. The smallest absolute Gasteiger partial charge is 0.146 e. The first kappa shape index (κ1) is 15.7. The van der Waals surface area contributed by atoms with Crippen molar-refractivity contribution in [3.8, 4) is 0 Å². The van der Waals surface area contributed by atoms with Crippen LogP contribution in [0.4, 0.5) is 14.5 Å². The molecule has 2 N–H and O–H groups in total. The van der Waals surface area contributed by atoms with Gasteiger partial charge in [-0.05, 0) is 36.8 Å². The molecule has 0 aliphatic rings. The van der Waals surface area contributed by atoms with Crippen LogP contribution >= 0.6 is 11.6 Å². The quantitative estimate of drug-likeness (QED) is 0.899.